The van der Waals surface area contributed by atoms with Crippen LogP contribution in [0.25, 0.3) is 6.08 Å². The molecule has 49 heavy (non-hydrogen) atoms. The SMILES string of the molecule is COc1cc(/C=C/C(=O)CC(=O)/C=C/C2CC=C(O)C(OC(C3O[C@H](CO)[C@@H](O)[C@H](O)[C@H]3O)C3O[C@H](CO)[C@@H](O)[C@H](O)[C@H]3O)C2)ccc1O. The number of ether oxygens (including phenoxy) is 4. The van der Waals surface area contributed by atoms with E-state index >= 15 is 0 Å². The number of benzene rings is 1. The predicted octanol–water partition coefficient (Wildman–Crippen LogP) is -2.21. The quantitative estimate of drug-likeness (QED) is 0.0773. The Kier molecular flexibility index (Phi) is 13.5. The zero-order valence-electron chi connectivity index (χ0n) is 26.6. The molecule has 16 nitrogen and oxygen atoms in total. The minimum atomic E-state index is -1.89. The third kappa shape index (κ3) is 9.11. The second-order valence-corrected chi connectivity index (χ2v) is 12.3. The fraction of sp³-hybridized carbons (Fsp3) is 0.576. The van der Waals surface area contributed by atoms with Crippen LogP contribution in [0.15, 0.2) is 48.3 Å². The summed E-state index contributed by atoms with van der Waals surface area (Å²) < 4.78 is 22.5. The summed E-state index contributed by atoms with van der Waals surface area (Å²) in [6.45, 7) is -1.58. The average Bonchev–Trinajstić information content (AvgIpc) is 3.09. The van der Waals surface area contributed by atoms with Gasteiger partial charge in [0.15, 0.2) is 23.1 Å². The van der Waals surface area contributed by atoms with Crippen LogP contribution in [0.1, 0.15) is 24.8 Å². The smallest absolute Gasteiger partial charge is 0.163 e. The van der Waals surface area contributed by atoms with Gasteiger partial charge in [0.25, 0.3) is 0 Å². The molecule has 272 valence electrons. The normalized spacial score (nSPS) is 36.1. The van der Waals surface area contributed by atoms with Gasteiger partial charge in [-0.2, -0.15) is 0 Å². The van der Waals surface area contributed by atoms with E-state index in [0.717, 1.165) is 0 Å². The maximum absolute atomic E-state index is 12.6. The van der Waals surface area contributed by atoms with Crippen molar-refractivity contribution in [3.8, 4) is 11.5 Å². The number of phenols is 1. The number of allylic oxidation sites excluding steroid dienone is 4. The summed E-state index contributed by atoms with van der Waals surface area (Å²) in [6, 6.07) is 4.48. The van der Waals surface area contributed by atoms with E-state index in [1.165, 1.54) is 49.6 Å². The molecule has 4 unspecified atom stereocenters. The van der Waals surface area contributed by atoms with E-state index in [-0.39, 0.29) is 30.1 Å². The van der Waals surface area contributed by atoms with Gasteiger partial charge >= 0.3 is 0 Å². The first-order valence-corrected chi connectivity index (χ1v) is 15.7. The first kappa shape index (κ1) is 38.5. The summed E-state index contributed by atoms with van der Waals surface area (Å²) >= 11 is 0. The van der Waals surface area contributed by atoms with Gasteiger partial charge in [0, 0.05) is 0 Å². The summed E-state index contributed by atoms with van der Waals surface area (Å²) in [7, 11) is 1.38. The Labute approximate surface area is 281 Å². The Morgan fingerprint density at radius 1 is 0.857 bits per heavy atom. The number of carbonyl (C=O) groups excluding carboxylic acids is 2. The van der Waals surface area contributed by atoms with Gasteiger partial charge < -0.3 is 70.0 Å². The number of methoxy groups -OCH3 is 1. The van der Waals surface area contributed by atoms with Crippen molar-refractivity contribution < 1.29 is 79.6 Å². The number of carbonyl (C=O) groups is 2. The van der Waals surface area contributed by atoms with E-state index in [1.54, 1.807) is 6.07 Å². The molecule has 1 aromatic carbocycles. The molecule has 0 saturated carbocycles. The summed E-state index contributed by atoms with van der Waals surface area (Å²) in [4.78, 5) is 25.0. The van der Waals surface area contributed by atoms with Gasteiger partial charge in [0.1, 0.15) is 79.0 Å². The Bertz CT molecular complexity index is 1340. The predicted molar refractivity (Wildman–Crippen MR) is 167 cm³/mol. The van der Waals surface area contributed by atoms with E-state index in [4.69, 9.17) is 18.9 Å². The summed E-state index contributed by atoms with van der Waals surface area (Å²) in [5, 5.41) is 103. The first-order chi connectivity index (χ1) is 23.3. The lowest BCUT2D eigenvalue weighted by atomic mass is 9.85. The molecule has 0 bridgehead atoms. The molecule has 4 rings (SSSR count). The lowest BCUT2D eigenvalue weighted by molar-refractivity contribution is -0.304. The highest BCUT2D eigenvalue weighted by Gasteiger charge is 2.55. The minimum Gasteiger partial charge on any atom is -0.510 e. The Morgan fingerprint density at radius 2 is 1.43 bits per heavy atom. The number of ketones is 2. The molecule has 2 aliphatic heterocycles. The van der Waals surface area contributed by atoms with Crippen LogP contribution in [-0.2, 0) is 23.8 Å². The maximum Gasteiger partial charge on any atom is 0.163 e. The molecule has 2 fully saturated rings. The maximum atomic E-state index is 12.6. The molecule has 0 amide bonds. The number of hydrogen-bond acceptors (Lipinski definition) is 16. The molecule has 1 aromatic rings. The highest BCUT2D eigenvalue weighted by molar-refractivity contribution is 6.09. The van der Waals surface area contributed by atoms with Crippen molar-refractivity contribution in [2.45, 2.75) is 92.5 Å². The number of aliphatic hydroxyl groups is 9. The third-order valence-corrected chi connectivity index (χ3v) is 8.87. The molecule has 2 heterocycles. The second kappa shape index (κ2) is 17.1. The highest BCUT2D eigenvalue weighted by atomic mass is 16.6. The number of rotatable bonds is 13. The van der Waals surface area contributed by atoms with Crippen LogP contribution in [0, 0.1) is 5.92 Å². The van der Waals surface area contributed by atoms with Gasteiger partial charge in [-0.05, 0) is 54.7 Å². The fourth-order valence-electron chi connectivity index (χ4n) is 6.03. The number of aromatic hydroxyl groups is 1. The zero-order valence-corrected chi connectivity index (χ0v) is 26.6. The van der Waals surface area contributed by atoms with Crippen molar-refractivity contribution in [2.24, 2.45) is 5.92 Å². The van der Waals surface area contributed by atoms with Crippen molar-refractivity contribution in [2.75, 3.05) is 20.3 Å². The van der Waals surface area contributed by atoms with Crippen LogP contribution < -0.4 is 4.74 Å². The molecule has 0 radical (unpaired) electrons. The van der Waals surface area contributed by atoms with Crippen LogP contribution in [0.4, 0.5) is 0 Å². The van der Waals surface area contributed by atoms with Crippen molar-refractivity contribution in [3.63, 3.8) is 0 Å². The van der Waals surface area contributed by atoms with Crippen LogP contribution in [0.2, 0.25) is 0 Å². The van der Waals surface area contributed by atoms with Crippen LogP contribution in [0.3, 0.4) is 0 Å². The Morgan fingerprint density at radius 3 is 1.98 bits per heavy atom. The van der Waals surface area contributed by atoms with Gasteiger partial charge in [0.05, 0.1) is 26.7 Å². The Hall–Kier alpha value is -3.26. The molecule has 3 aliphatic rings. The number of phenolic OH excluding ortho intramolecular Hbond substituents is 1. The molecule has 10 N–H and O–H groups in total. The molecule has 16 heteroatoms. The fourth-order valence-corrected chi connectivity index (χ4v) is 6.03. The first-order valence-electron chi connectivity index (χ1n) is 15.7. The lowest BCUT2D eigenvalue weighted by Gasteiger charge is -2.49. The van der Waals surface area contributed by atoms with Gasteiger partial charge in [-0.15, -0.1) is 0 Å². The summed E-state index contributed by atoms with van der Waals surface area (Å²) in [6.07, 6.45) is -13.2. The monoisotopic (exact) mass is 696 g/mol. The van der Waals surface area contributed by atoms with Gasteiger partial charge in [0.2, 0.25) is 0 Å². The van der Waals surface area contributed by atoms with Crippen molar-refractivity contribution in [1.29, 1.82) is 0 Å². The van der Waals surface area contributed by atoms with Gasteiger partial charge in [-0.1, -0.05) is 18.2 Å². The number of hydrogen-bond donors (Lipinski definition) is 10. The third-order valence-electron chi connectivity index (χ3n) is 8.87. The topological polar surface area (TPSA) is 273 Å². The molecular weight excluding hydrogens is 652 g/mol. The van der Waals surface area contributed by atoms with E-state index in [9.17, 15) is 60.7 Å². The summed E-state index contributed by atoms with van der Waals surface area (Å²) in [5.74, 6) is -1.54. The Balaban J connectivity index is 1.48. The van der Waals surface area contributed by atoms with Crippen LogP contribution >= 0.6 is 0 Å². The van der Waals surface area contributed by atoms with Crippen molar-refractivity contribution in [1.82, 2.24) is 0 Å². The van der Waals surface area contributed by atoms with Gasteiger partial charge in [-0.3, -0.25) is 9.59 Å². The van der Waals surface area contributed by atoms with Gasteiger partial charge in [-0.25, -0.2) is 0 Å². The highest BCUT2D eigenvalue weighted by Crippen LogP contribution is 2.35. The standard InChI is InChI=1S/C33H44O16/c1-46-21-10-15(4-8-19(21)38)2-6-17(36)12-18(37)7-3-16-5-9-20(39)22(11-16)47-33(31-29(44)27(42)25(40)23(13-34)48-31)32-30(45)28(43)26(41)24(14-35)49-32/h2-4,6-10,16,22-35,38-45H,5,11-14H2,1H3/b6-2+,7-3+/t16?,22?,23-,24-,25-,26-,27+,28+,29-,30-,31?,32?,33?/m1/s1. The van der Waals surface area contributed by atoms with Crippen molar-refractivity contribution >= 4 is 17.6 Å². The molecule has 0 aromatic heterocycles. The van der Waals surface area contributed by atoms with Crippen LogP contribution in [0.5, 0.6) is 11.5 Å². The van der Waals surface area contributed by atoms with E-state index in [2.05, 4.69) is 0 Å². The molecule has 0 spiro atoms. The largest absolute Gasteiger partial charge is 0.510 e. The van der Waals surface area contributed by atoms with Crippen LogP contribution in [-0.4, -0.2) is 156 Å². The zero-order chi connectivity index (χ0) is 36.0. The van der Waals surface area contributed by atoms with Crippen molar-refractivity contribution in [3.05, 3.63) is 53.8 Å². The van der Waals surface area contributed by atoms with E-state index < -0.39 is 110 Å². The summed E-state index contributed by atoms with van der Waals surface area (Å²) in [5.41, 5.74) is 0.566. The molecule has 12 atom stereocenters. The number of aliphatic hydroxyl groups excluding tert-OH is 9. The lowest BCUT2D eigenvalue weighted by Crippen LogP contribution is -2.68. The molecular formula is C33H44O16. The second-order valence-electron chi connectivity index (χ2n) is 12.3. The average molecular weight is 697 g/mol. The van der Waals surface area contributed by atoms with E-state index in [1.807, 2.05) is 0 Å². The minimum absolute atomic E-state index is 0.0218. The van der Waals surface area contributed by atoms with E-state index in [0.29, 0.717) is 5.56 Å². The molecule has 1 aliphatic carbocycles. The molecule has 2 saturated heterocycles.